The lowest BCUT2D eigenvalue weighted by molar-refractivity contribution is 0.399. The summed E-state index contributed by atoms with van der Waals surface area (Å²) in [6.45, 7) is 6.01. The molecule has 0 amide bonds. The summed E-state index contributed by atoms with van der Waals surface area (Å²) in [5.74, 6) is 0. The van der Waals surface area contributed by atoms with E-state index in [-0.39, 0.29) is 0 Å². The molecule has 0 aliphatic rings. The highest BCUT2D eigenvalue weighted by Crippen LogP contribution is 2.18. The lowest BCUT2D eigenvalue weighted by atomic mass is 10.1. The highest BCUT2D eigenvalue weighted by atomic mass is 16.2. The minimum absolute atomic E-state index is 0.554. The third kappa shape index (κ3) is 4.49. The highest BCUT2D eigenvalue weighted by molar-refractivity contribution is 5.66. The maximum absolute atomic E-state index is 7.00. The molecule has 0 atom stereocenters. The van der Waals surface area contributed by atoms with E-state index in [4.69, 9.17) is 10.8 Å². The largest absolute Gasteiger partial charge is 0.400 e. The minimum Gasteiger partial charge on any atom is -0.400 e. The normalized spacial score (nSPS) is 10.3. The number of aromatic nitrogens is 1. The molecule has 0 fully saturated rings. The van der Waals surface area contributed by atoms with E-state index < -0.39 is 0 Å². The van der Waals surface area contributed by atoms with Crippen molar-refractivity contribution in [3.8, 4) is 0 Å². The predicted molar refractivity (Wildman–Crippen MR) is 64.3 cm³/mol. The number of nitrogens with two attached hydrogens (primary N) is 1. The predicted octanol–water partition coefficient (Wildman–Crippen LogP) is 1.38. The van der Waals surface area contributed by atoms with E-state index in [0.29, 0.717) is 6.54 Å². The van der Waals surface area contributed by atoms with Crippen LogP contribution < -0.4 is 5.73 Å². The first-order valence-electron chi connectivity index (χ1n) is 4.50. The van der Waals surface area contributed by atoms with E-state index in [2.05, 4.69) is 16.7 Å². The highest BCUT2D eigenvalue weighted by Gasteiger charge is 1.96. The van der Waals surface area contributed by atoms with Gasteiger partial charge in [0.1, 0.15) is 0 Å². The zero-order chi connectivity index (χ0) is 11.7. The molecule has 4 heteroatoms. The van der Waals surface area contributed by atoms with Crippen molar-refractivity contribution in [1.82, 2.24) is 4.98 Å². The summed E-state index contributed by atoms with van der Waals surface area (Å²) in [4.78, 5) is 7.81. The Morgan fingerprint density at radius 3 is 2.87 bits per heavy atom. The Bertz CT molecular complexity index is 334. The van der Waals surface area contributed by atoms with Crippen LogP contribution in [0.25, 0.3) is 6.08 Å². The standard InChI is InChI=1S/C10H13N3.CH4O/c1-8(6-11)5-9-3-4-13-7-10(9)12-2;1-2/h3-5,7H,2,6,11H2,1H3;2H,1H3/b8-5+;. The van der Waals surface area contributed by atoms with Gasteiger partial charge in [0, 0.05) is 25.4 Å². The molecule has 4 nitrogen and oxygen atoms in total. The lowest BCUT2D eigenvalue weighted by Gasteiger charge is -2.00. The van der Waals surface area contributed by atoms with Crippen molar-refractivity contribution >= 4 is 18.5 Å². The summed E-state index contributed by atoms with van der Waals surface area (Å²) in [6.07, 6.45) is 5.40. The number of rotatable bonds is 3. The maximum Gasteiger partial charge on any atom is 0.0877 e. The van der Waals surface area contributed by atoms with Crippen LogP contribution in [0.1, 0.15) is 12.5 Å². The third-order valence-corrected chi connectivity index (χ3v) is 1.73. The quantitative estimate of drug-likeness (QED) is 0.735. The Morgan fingerprint density at radius 2 is 2.33 bits per heavy atom. The zero-order valence-electron chi connectivity index (χ0n) is 9.14. The fourth-order valence-electron chi connectivity index (χ4n) is 0.975. The SMILES string of the molecule is C=Nc1cnccc1/C=C(\C)CN.CO. The van der Waals surface area contributed by atoms with Gasteiger partial charge in [0.2, 0.25) is 0 Å². The van der Waals surface area contributed by atoms with Crippen LogP contribution in [-0.2, 0) is 0 Å². The molecular formula is C11H17N3O. The van der Waals surface area contributed by atoms with Crippen LogP contribution in [0.4, 0.5) is 5.69 Å². The molecule has 1 aromatic heterocycles. The first-order valence-corrected chi connectivity index (χ1v) is 4.50. The van der Waals surface area contributed by atoms with Crippen LogP contribution in [0.5, 0.6) is 0 Å². The van der Waals surface area contributed by atoms with Crippen molar-refractivity contribution in [3.63, 3.8) is 0 Å². The van der Waals surface area contributed by atoms with E-state index in [9.17, 15) is 0 Å². The molecule has 15 heavy (non-hydrogen) atoms. The average molecular weight is 207 g/mol. The summed E-state index contributed by atoms with van der Waals surface area (Å²) in [7, 11) is 1.00. The van der Waals surface area contributed by atoms with Crippen LogP contribution in [0.15, 0.2) is 29.0 Å². The van der Waals surface area contributed by atoms with E-state index >= 15 is 0 Å². The monoisotopic (exact) mass is 207 g/mol. The molecule has 0 saturated heterocycles. The molecule has 0 spiro atoms. The Kier molecular flexibility index (Phi) is 7.05. The smallest absolute Gasteiger partial charge is 0.0877 e. The van der Waals surface area contributed by atoms with Gasteiger partial charge in [-0.1, -0.05) is 11.6 Å². The van der Waals surface area contributed by atoms with E-state index in [0.717, 1.165) is 23.9 Å². The minimum atomic E-state index is 0.554. The third-order valence-electron chi connectivity index (χ3n) is 1.73. The van der Waals surface area contributed by atoms with Crippen molar-refractivity contribution in [1.29, 1.82) is 0 Å². The zero-order valence-corrected chi connectivity index (χ0v) is 9.14. The van der Waals surface area contributed by atoms with E-state index in [1.807, 2.05) is 19.1 Å². The van der Waals surface area contributed by atoms with Gasteiger partial charge in [0.25, 0.3) is 0 Å². The van der Waals surface area contributed by atoms with Gasteiger partial charge in [-0.05, 0) is 19.7 Å². The summed E-state index contributed by atoms with van der Waals surface area (Å²) >= 11 is 0. The molecule has 1 heterocycles. The number of hydrogen-bond donors (Lipinski definition) is 2. The lowest BCUT2D eigenvalue weighted by Crippen LogP contribution is -1.99. The van der Waals surface area contributed by atoms with Crippen LogP contribution in [-0.4, -0.2) is 30.5 Å². The molecule has 0 saturated carbocycles. The number of aliphatic hydroxyl groups excluding tert-OH is 1. The second-order valence-electron chi connectivity index (χ2n) is 2.79. The number of hydrogen-bond acceptors (Lipinski definition) is 4. The first-order chi connectivity index (χ1) is 7.27. The van der Waals surface area contributed by atoms with Gasteiger partial charge >= 0.3 is 0 Å². The Labute approximate surface area is 90.2 Å². The number of nitrogens with zero attached hydrogens (tertiary/aromatic N) is 2. The van der Waals surface area contributed by atoms with Crippen LogP contribution in [0.2, 0.25) is 0 Å². The summed E-state index contributed by atoms with van der Waals surface area (Å²) in [5, 5.41) is 7.00. The first kappa shape index (κ1) is 13.5. The number of aliphatic hydroxyl groups is 1. The average Bonchev–Trinajstić information content (AvgIpc) is 2.32. The molecule has 0 radical (unpaired) electrons. The second kappa shape index (κ2) is 7.84. The molecule has 0 aromatic carbocycles. The van der Waals surface area contributed by atoms with Crippen LogP contribution in [0.3, 0.4) is 0 Å². The molecule has 0 aliphatic heterocycles. The summed E-state index contributed by atoms with van der Waals surface area (Å²) in [5.41, 5.74) is 8.38. The van der Waals surface area contributed by atoms with E-state index in [1.54, 1.807) is 12.4 Å². The van der Waals surface area contributed by atoms with Gasteiger partial charge in [0.15, 0.2) is 0 Å². The molecule has 0 bridgehead atoms. The van der Waals surface area contributed by atoms with Gasteiger partial charge in [-0.25, -0.2) is 0 Å². The topological polar surface area (TPSA) is 71.5 Å². The van der Waals surface area contributed by atoms with Crippen LogP contribution >= 0.6 is 0 Å². The second-order valence-corrected chi connectivity index (χ2v) is 2.79. The van der Waals surface area contributed by atoms with Gasteiger partial charge in [-0.15, -0.1) is 0 Å². The molecule has 1 rings (SSSR count). The van der Waals surface area contributed by atoms with Gasteiger partial charge in [-0.2, -0.15) is 0 Å². The molecule has 3 N–H and O–H groups in total. The van der Waals surface area contributed by atoms with Crippen molar-refractivity contribution in [2.75, 3.05) is 13.7 Å². The fraction of sp³-hybridized carbons (Fsp3) is 0.273. The number of pyridine rings is 1. The van der Waals surface area contributed by atoms with Gasteiger partial charge in [-0.3, -0.25) is 9.98 Å². The molecule has 0 unspecified atom stereocenters. The van der Waals surface area contributed by atoms with Gasteiger partial charge < -0.3 is 10.8 Å². The van der Waals surface area contributed by atoms with E-state index in [1.165, 1.54) is 0 Å². The molecule has 0 aliphatic carbocycles. The van der Waals surface area contributed by atoms with Crippen molar-refractivity contribution in [3.05, 3.63) is 29.6 Å². The molecule has 1 aromatic rings. The Hall–Kier alpha value is -1.52. The van der Waals surface area contributed by atoms with Crippen molar-refractivity contribution in [2.24, 2.45) is 10.7 Å². The Balaban J connectivity index is 0.000000921. The molecule has 82 valence electrons. The van der Waals surface area contributed by atoms with Gasteiger partial charge in [0.05, 0.1) is 11.9 Å². The number of aliphatic imine (C=N–C) groups is 1. The summed E-state index contributed by atoms with van der Waals surface area (Å²) in [6, 6.07) is 1.89. The van der Waals surface area contributed by atoms with Crippen molar-refractivity contribution < 1.29 is 5.11 Å². The maximum atomic E-state index is 7.00. The van der Waals surface area contributed by atoms with Crippen LogP contribution in [0, 0.1) is 0 Å². The fourth-order valence-corrected chi connectivity index (χ4v) is 0.975. The summed E-state index contributed by atoms with van der Waals surface area (Å²) < 4.78 is 0. The van der Waals surface area contributed by atoms with Crippen molar-refractivity contribution in [2.45, 2.75) is 6.92 Å². The molecular weight excluding hydrogens is 190 g/mol. The Morgan fingerprint density at radius 1 is 1.67 bits per heavy atom.